The predicted octanol–water partition coefficient (Wildman–Crippen LogP) is 2.41. The molecule has 4 nitrogen and oxygen atoms in total. The van der Waals surface area contributed by atoms with Crippen molar-refractivity contribution in [2.45, 2.75) is 44.6 Å². The van der Waals surface area contributed by atoms with E-state index < -0.39 is 17.8 Å². The molecule has 2 aliphatic rings. The van der Waals surface area contributed by atoms with Crippen LogP contribution in [0.15, 0.2) is 24.3 Å². The smallest absolute Gasteiger partial charge is 0.391 e. The third kappa shape index (κ3) is 4.15. The minimum Gasteiger partial charge on any atom is -0.391 e. The number of likely N-dealkylation sites (tertiary alicyclic amines) is 1. The van der Waals surface area contributed by atoms with E-state index in [0.717, 1.165) is 6.07 Å². The van der Waals surface area contributed by atoms with E-state index in [-0.39, 0.29) is 30.0 Å². The Morgan fingerprint density at radius 3 is 2.52 bits per heavy atom. The van der Waals surface area contributed by atoms with Gasteiger partial charge in [0.05, 0.1) is 17.7 Å². The van der Waals surface area contributed by atoms with Crippen LogP contribution in [0.3, 0.4) is 0 Å². The number of halogens is 3. The molecule has 0 spiro atoms. The van der Waals surface area contributed by atoms with Crippen molar-refractivity contribution in [2.75, 3.05) is 13.1 Å². The lowest BCUT2D eigenvalue weighted by Crippen LogP contribution is -2.48. The minimum absolute atomic E-state index is 0.170. The van der Waals surface area contributed by atoms with Gasteiger partial charge < -0.3 is 10.4 Å². The molecule has 1 aliphatic carbocycles. The highest BCUT2D eigenvalue weighted by molar-refractivity contribution is 5.73. The SMILES string of the molecule is CC(=O)N[C@@H]1C[C@@H]2CN(Cc3ccccc3C(F)(F)F)C[C@@H]2C[C@H]1O. The molecule has 0 bridgehead atoms. The lowest BCUT2D eigenvalue weighted by atomic mass is 9.77. The maximum atomic E-state index is 13.2. The molecule has 1 saturated carbocycles. The average Bonchev–Trinajstić information content (AvgIpc) is 2.87. The van der Waals surface area contributed by atoms with Crippen molar-refractivity contribution >= 4 is 5.91 Å². The van der Waals surface area contributed by atoms with Gasteiger partial charge in [0.2, 0.25) is 5.91 Å². The van der Waals surface area contributed by atoms with Crippen LogP contribution in [-0.2, 0) is 17.5 Å². The second-order valence-corrected chi connectivity index (χ2v) is 7.21. The molecule has 2 N–H and O–H groups in total. The summed E-state index contributed by atoms with van der Waals surface area (Å²) in [5.74, 6) is 0.382. The van der Waals surface area contributed by atoms with Crippen molar-refractivity contribution in [1.82, 2.24) is 10.2 Å². The first-order valence-corrected chi connectivity index (χ1v) is 8.56. The van der Waals surface area contributed by atoms with Crippen molar-refractivity contribution in [3.63, 3.8) is 0 Å². The Balaban J connectivity index is 1.67. The number of nitrogens with one attached hydrogen (secondary N) is 1. The van der Waals surface area contributed by atoms with Gasteiger partial charge in [0, 0.05) is 26.6 Å². The third-order valence-electron chi connectivity index (χ3n) is 5.32. The molecule has 4 atom stereocenters. The molecule has 25 heavy (non-hydrogen) atoms. The summed E-state index contributed by atoms with van der Waals surface area (Å²) in [6, 6.07) is 5.42. The predicted molar refractivity (Wildman–Crippen MR) is 86.5 cm³/mol. The number of alkyl halides is 3. The normalized spacial score (nSPS) is 30.1. The summed E-state index contributed by atoms with van der Waals surface area (Å²) in [7, 11) is 0. The fraction of sp³-hybridized carbons (Fsp3) is 0.611. The van der Waals surface area contributed by atoms with Crippen molar-refractivity contribution < 1.29 is 23.1 Å². The van der Waals surface area contributed by atoms with Gasteiger partial charge in [-0.15, -0.1) is 0 Å². The van der Waals surface area contributed by atoms with Gasteiger partial charge in [-0.1, -0.05) is 18.2 Å². The number of carbonyl (C=O) groups is 1. The molecule has 2 fully saturated rings. The molecule has 1 aromatic rings. The Kier molecular flexibility index (Phi) is 5.06. The second kappa shape index (κ2) is 6.96. The lowest BCUT2D eigenvalue weighted by molar-refractivity contribution is -0.138. The topological polar surface area (TPSA) is 52.6 Å². The number of benzene rings is 1. The summed E-state index contributed by atoms with van der Waals surface area (Å²) in [6.07, 6.45) is -3.70. The molecule has 7 heteroatoms. The molecule has 0 aromatic heterocycles. The first-order valence-electron chi connectivity index (χ1n) is 8.56. The first kappa shape index (κ1) is 18.2. The van der Waals surface area contributed by atoms with Gasteiger partial charge >= 0.3 is 6.18 Å². The van der Waals surface area contributed by atoms with Gasteiger partial charge in [0.15, 0.2) is 0 Å². The number of rotatable bonds is 3. The van der Waals surface area contributed by atoms with Crippen LogP contribution in [0.1, 0.15) is 30.9 Å². The number of hydrogen-bond donors (Lipinski definition) is 2. The Hall–Kier alpha value is -1.60. The number of fused-ring (bicyclic) bond motifs is 1. The summed E-state index contributed by atoms with van der Waals surface area (Å²) in [5, 5.41) is 13.0. The van der Waals surface area contributed by atoms with Crippen LogP contribution in [0.25, 0.3) is 0 Å². The minimum atomic E-state index is -4.35. The maximum Gasteiger partial charge on any atom is 0.416 e. The highest BCUT2D eigenvalue weighted by atomic mass is 19.4. The second-order valence-electron chi connectivity index (χ2n) is 7.21. The number of amides is 1. The molecule has 1 amide bonds. The zero-order valence-electron chi connectivity index (χ0n) is 14.1. The van der Waals surface area contributed by atoms with E-state index in [1.807, 2.05) is 4.90 Å². The van der Waals surface area contributed by atoms with Crippen LogP contribution < -0.4 is 5.32 Å². The molecule has 138 valence electrons. The van der Waals surface area contributed by atoms with Gasteiger partial charge in [-0.3, -0.25) is 9.69 Å². The van der Waals surface area contributed by atoms with Gasteiger partial charge in [0.25, 0.3) is 0 Å². The molecule has 1 heterocycles. The van der Waals surface area contributed by atoms with Crippen molar-refractivity contribution in [3.05, 3.63) is 35.4 Å². The standard InChI is InChI=1S/C18H23F3N2O2/c1-11(24)22-16-6-13-9-23(10-14(13)7-17(16)25)8-12-4-2-3-5-15(12)18(19,20)21/h2-5,13-14,16-17,25H,6-10H2,1H3,(H,22,24)/t13-,14+,16-,17-/m1/s1. The average molecular weight is 356 g/mol. The molecular weight excluding hydrogens is 333 g/mol. The van der Waals surface area contributed by atoms with Crippen molar-refractivity contribution in [3.8, 4) is 0 Å². The fourth-order valence-electron chi connectivity index (χ4n) is 4.25. The highest BCUT2D eigenvalue weighted by Crippen LogP contribution is 2.38. The van der Waals surface area contributed by atoms with E-state index in [2.05, 4.69) is 5.32 Å². The van der Waals surface area contributed by atoms with Gasteiger partial charge in [-0.2, -0.15) is 13.2 Å². The summed E-state index contributed by atoms with van der Waals surface area (Å²) in [4.78, 5) is 13.3. The number of hydrogen-bond acceptors (Lipinski definition) is 3. The molecule has 1 aliphatic heterocycles. The Bertz CT molecular complexity index is 635. The quantitative estimate of drug-likeness (QED) is 0.875. The van der Waals surface area contributed by atoms with Crippen LogP contribution in [0.4, 0.5) is 13.2 Å². The van der Waals surface area contributed by atoms with E-state index in [1.54, 1.807) is 6.07 Å². The maximum absolute atomic E-state index is 13.2. The summed E-state index contributed by atoms with van der Waals surface area (Å²) in [5.41, 5.74) is -0.298. The Morgan fingerprint density at radius 1 is 1.24 bits per heavy atom. The largest absolute Gasteiger partial charge is 0.416 e. The summed E-state index contributed by atoms with van der Waals surface area (Å²) >= 11 is 0. The lowest BCUT2D eigenvalue weighted by Gasteiger charge is -2.35. The zero-order valence-corrected chi connectivity index (χ0v) is 14.1. The number of carbonyl (C=O) groups excluding carboxylic acids is 1. The molecule has 0 unspecified atom stereocenters. The molecule has 1 saturated heterocycles. The van der Waals surface area contributed by atoms with Gasteiger partial charge in [-0.25, -0.2) is 0 Å². The number of aliphatic hydroxyl groups excluding tert-OH is 1. The molecule has 1 aromatic carbocycles. The van der Waals surface area contributed by atoms with E-state index in [0.29, 0.717) is 31.8 Å². The molecule has 3 rings (SSSR count). The fourth-order valence-corrected chi connectivity index (χ4v) is 4.25. The number of aliphatic hydroxyl groups is 1. The highest BCUT2D eigenvalue weighted by Gasteiger charge is 2.42. The Labute approximate surface area is 145 Å². The summed E-state index contributed by atoms with van der Waals surface area (Å²) in [6.45, 7) is 3.05. The number of nitrogens with zero attached hydrogens (tertiary/aromatic N) is 1. The van der Waals surface area contributed by atoms with E-state index in [4.69, 9.17) is 0 Å². The molecular formula is C18H23F3N2O2. The van der Waals surface area contributed by atoms with Gasteiger partial charge in [-0.05, 0) is 36.3 Å². The van der Waals surface area contributed by atoms with Crippen LogP contribution >= 0.6 is 0 Å². The van der Waals surface area contributed by atoms with Crippen LogP contribution in [-0.4, -0.2) is 41.1 Å². The van der Waals surface area contributed by atoms with Gasteiger partial charge in [0.1, 0.15) is 0 Å². The van der Waals surface area contributed by atoms with Crippen molar-refractivity contribution in [2.24, 2.45) is 11.8 Å². The van der Waals surface area contributed by atoms with E-state index in [9.17, 15) is 23.1 Å². The third-order valence-corrected chi connectivity index (χ3v) is 5.32. The summed E-state index contributed by atoms with van der Waals surface area (Å²) < 4.78 is 39.5. The van der Waals surface area contributed by atoms with E-state index >= 15 is 0 Å². The Morgan fingerprint density at radius 2 is 1.88 bits per heavy atom. The monoisotopic (exact) mass is 356 g/mol. The van der Waals surface area contributed by atoms with Crippen LogP contribution in [0, 0.1) is 11.8 Å². The van der Waals surface area contributed by atoms with E-state index in [1.165, 1.54) is 19.1 Å². The van der Waals surface area contributed by atoms with Crippen molar-refractivity contribution in [1.29, 1.82) is 0 Å². The van der Waals surface area contributed by atoms with Crippen LogP contribution in [0.5, 0.6) is 0 Å². The molecule has 0 radical (unpaired) electrons. The van der Waals surface area contributed by atoms with Crippen LogP contribution in [0.2, 0.25) is 0 Å². The zero-order chi connectivity index (χ0) is 18.2. The first-order chi connectivity index (χ1) is 11.7.